The summed E-state index contributed by atoms with van der Waals surface area (Å²) in [5, 5.41) is 0.0601. The zero-order valence-electron chi connectivity index (χ0n) is 34.7. The fourth-order valence-electron chi connectivity index (χ4n) is 12.1. The molecular formula is C49H46N4O8S2. The van der Waals surface area contributed by atoms with Crippen molar-refractivity contribution in [2.24, 2.45) is 57.3 Å². The molecule has 7 aliphatic carbocycles. The maximum absolute atomic E-state index is 14.9. The highest BCUT2D eigenvalue weighted by atomic mass is 32.1. The van der Waals surface area contributed by atoms with E-state index in [0.29, 0.717) is 70.2 Å². The van der Waals surface area contributed by atoms with Crippen molar-refractivity contribution in [3.8, 4) is 9.75 Å². The number of hydrogen-bond donors (Lipinski definition) is 0. The fraction of sp³-hybridized carbons (Fsp3) is 0.469. The number of ether oxygens (including phenoxy) is 2. The Morgan fingerprint density at radius 3 is 1.21 bits per heavy atom. The van der Waals surface area contributed by atoms with Gasteiger partial charge in [0, 0.05) is 23.7 Å². The second-order valence-corrected chi connectivity index (χ2v) is 20.5. The number of hydrogen-bond acceptors (Lipinski definition) is 14. The molecule has 0 bridgehead atoms. The van der Waals surface area contributed by atoms with Crippen LogP contribution < -0.4 is 0 Å². The molecule has 0 amide bonds. The summed E-state index contributed by atoms with van der Waals surface area (Å²) in [6.07, 6.45) is 11.5. The highest BCUT2D eigenvalue weighted by Crippen LogP contribution is 2.58. The molecule has 2 aromatic carbocycles. The average Bonchev–Trinajstić information content (AvgIpc) is 4.08. The van der Waals surface area contributed by atoms with Crippen molar-refractivity contribution in [2.45, 2.75) is 95.7 Å². The lowest BCUT2D eigenvalue weighted by Gasteiger charge is -2.39. The Balaban J connectivity index is 1.01. The van der Waals surface area contributed by atoms with Gasteiger partial charge in [0.15, 0.2) is 34.6 Å². The molecule has 322 valence electrons. The van der Waals surface area contributed by atoms with Crippen LogP contribution in [0, 0.1) is 47.3 Å². The van der Waals surface area contributed by atoms with Gasteiger partial charge in [-0.1, -0.05) is 135 Å². The third kappa shape index (κ3) is 6.72. The van der Waals surface area contributed by atoms with Gasteiger partial charge in [-0.25, -0.2) is 29.5 Å². The van der Waals surface area contributed by atoms with Crippen molar-refractivity contribution in [1.82, 2.24) is 9.97 Å². The van der Waals surface area contributed by atoms with Crippen LogP contribution in [-0.4, -0.2) is 56.5 Å². The number of carbonyl (C=O) groups is 6. The van der Waals surface area contributed by atoms with Gasteiger partial charge in [0.25, 0.3) is 5.41 Å². The molecule has 7 aliphatic rings. The van der Waals surface area contributed by atoms with E-state index in [9.17, 15) is 28.8 Å². The van der Waals surface area contributed by atoms with E-state index in [0.717, 1.165) is 74.0 Å². The van der Waals surface area contributed by atoms with Crippen molar-refractivity contribution in [3.63, 3.8) is 0 Å². The first kappa shape index (κ1) is 40.4. The van der Waals surface area contributed by atoms with Crippen LogP contribution in [0.15, 0.2) is 70.6 Å². The summed E-state index contributed by atoms with van der Waals surface area (Å²) >= 11 is 2.06. The smallest absolute Gasteiger partial charge is 0.336 e. The van der Waals surface area contributed by atoms with Crippen LogP contribution in [-0.2, 0) is 56.9 Å². The molecule has 6 saturated carbocycles. The van der Waals surface area contributed by atoms with Crippen LogP contribution in [0.5, 0.6) is 0 Å². The Morgan fingerprint density at radius 2 is 0.873 bits per heavy atom. The molecule has 0 aliphatic heterocycles. The Bertz CT molecular complexity index is 2390. The topological polar surface area (TPSA) is 171 Å². The number of aliphatic imine (C=N–C) groups is 2. The molecule has 11 rings (SSSR count). The minimum atomic E-state index is -2.38. The quantitative estimate of drug-likeness (QED) is 0.124. The average molecular weight is 883 g/mol. The van der Waals surface area contributed by atoms with E-state index in [4.69, 9.17) is 19.4 Å². The minimum absolute atomic E-state index is 0.0288. The third-order valence-electron chi connectivity index (χ3n) is 15.2. The lowest BCUT2D eigenvalue weighted by atomic mass is 9.64. The van der Waals surface area contributed by atoms with Gasteiger partial charge in [0.1, 0.15) is 13.2 Å². The number of aromatic nitrogens is 2. The largest absolute Gasteiger partial charge is 0.459 e. The van der Waals surface area contributed by atoms with Gasteiger partial charge in [0.2, 0.25) is 10.3 Å². The number of nitrogens with zero attached hydrogens (tertiary/aromatic N) is 4. The third-order valence-corrected chi connectivity index (χ3v) is 17.3. The molecule has 2 aromatic heterocycles. The van der Waals surface area contributed by atoms with Gasteiger partial charge in [-0.3, -0.25) is 19.2 Å². The van der Waals surface area contributed by atoms with E-state index in [2.05, 4.69) is 9.98 Å². The first-order chi connectivity index (χ1) is 30.7. The number of esters is 2. The van der Waals surface area contributed by atoms with E-state index in [1.165, 1.54) is 0 Å². The molecule has 8 unspecified atom stereocenters. The van der Waals surface area contributed by atoms with Crippen molar-refractivity contribution in [2.75, 3.05) is 0 Å². The maximum Gasteiger partial charge on any atom is 0.336 e. The van der Waals surface area contributed by atoms with Crippen LogP contribution in [0.4, 0.5) is 10.3 Å². The van der Waals surface area contributed by atoms with Gasteiger partial charge in [0.05, 0.1) is 21.1 Å². The summed E-state index contributed by atoms with van der Waals surface area (Å²) in [6, 6.07) is 18.1. The molecule has 4 aromatic rings. The molecule has 14 heteroatoms. The second kappa shape index (κ2) is 16.0. The standard InChI is InChI=1S/C49H46N4O8S2/c54-37-31-19-27-15-7-8-16-28(27)20-32(31)38(55)35(37)50-47-52-43-41(62-47)42-44(53-48(63-42)51-36-39(56)33-21-29-17-9-10-18-30(29)22-34(33)40(36)57)49(43,45(58)60-23-25-11-3-1-4-12-25)46(59)61-24-26-13-5-2-6-14-26/h1-6,11-14,27-34H,7-10,15-24H2. The summed E-state index contributed by atoms with van der Waals surface area (Å²) in [7, 11) is 0. The van der Waals surface area contributed by atoms with Crippen LogP contribution in [0.3, 0.4) is 0 Å². The number of carbonyl (C=O) groups excluding carboxylic acids is 6. The first-order valence-corrected chi connectivity index (χ1v) is 24.1. The van der Waals surface area contributed by atoms with Crippen molar-refractivity contribution < 1.29 is 38.2 Å². The zero-order valence-corrected chi connectivity index (χ0v) is 36.3. The van der Waals surface area contributed by atoms with Crippen molar-refractivity contribution in [3.05, 3.63) is 83.2 Å². The maximum atomic E-state index is 14.9. The lowest BCUT2D eigenvalue weighted by molar-refractivity contribution is -0.164. The molecule has 0 radical (unpaired) electrons. The Kier molecular flexibility index (Phi) is 10.3. The number of thiazole rings is 2. The van der Waals surface area contributed by atoms with Crippen molar-refractivity contribution >= 4 is 79.4 Å². The SMILES string of the molecule is O=C1C(=Nc2nc3c(s2)-c2sc(N=C4C(=O)C5CC6CCCCC6CC5C4=O)nc2C3(C(=O)OCc2ccccc2)C(=O)OCc2ccccc2)C(=O)C2CC3CCCCC3CC12. The molecule has 63 heavy (non-hydrogen) atoms. The van der Waals surface area contributed by atoms with Crippen LogP contribution >= 0.6 is 22.7 Å². The normalized spacial score (nSPS) is 29.0. The number of fused-ring (bicyclic) bond motifs is 7. The summed E-state index contributed by atoms with van der Waals surface area (Å²) in [5.41, 5.74) is -1.37. The molecule has 6 fully saturated rings. The lowest BCUT2D eigenvalue weighted by Crippen LogP contribution is -2.46. The van der Waals surface area contributed by atoms with Gasteiger partial charge < -0.3 is 9.47 Å². The molecule has 0 N–H and O–H groups in total. The molecule has 12 nitrogen and oxygen atoms in total. The van der Waals surface area contributed by atoms with Crippen LogP contribution in [0.25, 0.3) is 9.75 Å². The van der Waals surface area contributed by atoms with Crippen LogP contribution in [0.2, 0.25) is 0 Å². The van der Waals surface area contributed by atoms with E-state index in [-0.39, 0.29) is 69.4 Å². The molecule has 0 spiro atoms. The number of rotatable bonds is 8. The monoisotopic (exact) mass is 882 g/mol. The number of benzene rings is 2. The summed E-state index contributed by atoms with van der Waals surface area (Å²) in [5.74, 6) is -3.04. The second-order valence-electron chi connectivity index (χ2n) is 18.6. The van der Waals surface area contributed by atoms with E-state index in [1.807, 2.05) is 36.4 Å². The molecular weight excluding hydrogens is 837 g/mol. The molecule has 0 saturated heterocycles. The molecule has 2 heterocycles. The minimum Gasteiger partial charge on any atom is -0.459 e. The fourth-order valence-corrected chi connectivity index (χ4v) is 14.2. The Labute approximate surface area is 372 Å². The number of ketones is 4. The summed E-state index contributed by atoms with van der Waals surface area (Å²) < 4.78 is 12.0. The highest BCUT2D eigenvalue weighted by Gasteiger charge is 2.63. The molecule has 8 atom stereocenters. The predicted octanol–water partition coefficient (Wildman–Crippen LogP) is 8.47. The van der Waals surface area contributed by atoms with Gasteiger partial charge in [-0.2, -0.15) is 0 Å². The van der Waals surface area contributed by atoms with E-state index in [1.54, 1.807) is 24.3 Å². The Morgan fingerprint density at radius 1 is 0.540 bits per heavy atom. The van der Waals surface area contributed by atoms with E-state index < -0.39 is 41.0 Å². The van der Waals surface area contributed by atoms with Gasteiger partial charge >= 0.3 is 11.9 Å². The number of Topliss-reactive ketones (excluding diaryl/α,β-unsaturated/α-hetero) is 4. The van der Waals surface area contributed by atoms with Crippen LogP contribution in [0.1, 0.15) is 99.6 Å². The highest BCUT2D eigenvalue weighted by molar-refractivity contribution is 7.25. The summed E-state index contributed by atoms with van der Waals surface area (Å²) in [6.45, 7) is -0.365. The predicted molar refractivity (Wildman–Crippen MR) is 234 cm³/mol. The summed E-state index contributed by atoms with van der Waals surface area (Å²) in [4.78, 5) is 105. The van der Waals surface area contributed by atoms with Gasteiger partial charge in [-0.15, -0.1) is 0 Å². The van der Waals surface area contributed by atoms with E-state index >= 15 is 0 Å². The zero-order chi connectivity index (χ0) is 43.0. The Hall–Kier alpha value is -5.34. The van der Waals surface area contributed by atoms with Gasteiger partial charge in [-0.05, 0) is 60.5 Å². The van der Waals surface area contributed by atoms with Crippen molar-refractivity contribution in [1.29, 1.82) is 0 Å². The first-order valence-electron chi connectivity index (χ1n) is 22.5.